The molecule has 8 N–H and O–H groups in total. The lowest BCUT2D eigenvalue weighted by Gasteiger charge is -2.25. The van der Waals surface area contributed by atoms with E-state index in [9.17, 15) is 40.9 Å². The van der Waals surface area contributed by atoms with Crippen LogP contribution < -0.4 is 9.47 Å². The number of rotatable bonds is 4. The number of ether oxygens (including phenoxy) is 2. The van der Waals surface area contributed by atoms with Gasteiger partial charge in [0.05, 0.1) is 11.8 Å². The summed E-state index contributed by atoms with van der Waals surface area (Å²) in [6.07, 6.45) is -1.16. The van der Waals surface area contributed by atoms with E-state index in [0.29, 0.717) is 33.8 Å². The van der Waals surface area contributed by atoms with E-state index in [1.54, 1.807) is 72.8 Å². The van der Waals surface area contributed by atoms with Crippen molar-refractivity contribution in [3.63, 3.8) is 0 Å². The molecule has 0 fully saturated rings. The molecular weight excluding hydrogens is 664 g/mol. The Balaban J connectivity index is 1.36. The summed E-state index contributed by atoms with van der Waals surface area (Å²) in [5, 5.41) is 85.8. The van der Waals surface area contributed by atoms with E-state index < -0.39 is 30.0 Å². The molecule has 5 atom stereocenters. The van der Waals surface area contributed by atoms with Gasteiger partial charge in [-0.1, -0.05) is 30.3 Å². The van der Waals surface area contributed by atoms with Crippen molar-refractivity contribution >= 4 is 0 Å². The van der Waals surface area contributed by atoms with Crippen LogP contribution in [0.5, 0.6) is 57.5 Å². The van der Waals surface area contributed by atoms with E-state index in [2.05, 4.69) is 0 Å². The zero-order chi connectivity index (χ0) is 36.0. The lowest BCUT2D eigenvalue weighted by atomic mass is 9.77. The van der Waals surface area contributed by atoms with Gasteiger partial charge < -0.3 is 50.3 Å². The molecule has 6 aromatic carbocycles. The molecule has 0 amide bonds. The number of hydrogen-bond donors (Lipinski definition) is 8. The SMILES string of the molecule is Oc1ccc(C2Oc3cc4c5c(c3C2c2cc(O)cc(O)c2)CC(c2ccc(O)cc2O)c2c(O)cc(O)cc2C5C(c2ccc(O)cc2)O4)cc1. The molecule has 5 unspecified atom stereocenters. The Bertz CT molecular complexity index is 2380. The third-order valence-electron chi connectivity index (χ3n) is 10.6. The molecule has 0 saturated heterocycles. The lowest BCUT2D eigenvalue weighted by molar-refractivity contribution is 0.212. The van der Waals surface area contributed by atoms with Crippen LogP contribution in [0.1, 0.15) is 80.0 Å². The lowest BCUT2D eigenvalue weighted by Crippen LogP contribution is -2.14. The first kappa shape index (κ1) is 31.3. The van der Waals surface area contributed by atoms with Crippen molar-refractivity contribution < 1.29 is 50.3 Å². The first-order valence-electron chi connectivity index (χ1n) is 16.8. The predicted molar refractivity (Wildman–Crippen MR) is 188 cm³/mol. The van der Waals surface area contributed by atoms with Gasteiger partial charge in [-0.3, -0.25) is 0 Å². The molecule has 0 radical (unpaired) electrons. The smallest absolute Gasteiger partial charge is 0.135 e. The highest BCUT2D eigenvalue weighted by Gasteiger charge is 2.49. The van der Waals surface area contributed by atoms with Crippen LogP contribution in [-0.4, -0.2) is 40.9 Å². The second kappa shape index (κ2) is 11.4. The van der Waals surface area contributed by atoms with Gasteiger partial charge >= 0.3 is 0 Å². The van der Waals surface area contributed by atoms with Crippen molar-refractivity contribution in [3.05, 3.63) is 153 Å². The third-order valence-corrected chi connectivity index (χ3v) is 10.6. The van der Waals surface area contributed by atoms with Gasteiger partial charge in [0.15, 0.2) is 0 Å². The van der Waals surface area contributed by atoms with Crippen LogP contribution in [0.3, 0.4) is 0 Å². The number of benzene rings is 6. The fourth-order valence-corrected chi connectivity index (χ4v) is 8.51. The highest BCUT2D eigenvalue weighted by molar-refractivity contribution is 5.69. The minimum absolute atomic E-state index is 0.0734. The highest BCUT2D eigenvalue weighted by Crippen LogP contribution is 2.63. The van der Waals surface area contributed by atoms with Crippen LogP contribution in [0.2, 0.25) is 0 Å². The maximum Gasteiger partial charge on any atom is 0.135 e. The highest BCUT2D eigenvalue weighted by atomic mass is 16.5. The summed E-state index contributed by atoms with van der Waals surface area (Å²) in [7, 11) is 0. The standard InChI is InChI=1S/C42H32O10/c43-22-5-1-19(2-6-22)41-36(21-11-25(46)13-26(47)12-21)38-31-17-29(28-10-9-24(45)15-32(28)49)37-30(14-27(48)16-33(37)50)40-39(31)35(18-34(38)51-41)52-42(40)20-3-7-23(44)8-4-20/h1-16,18,29,36,40-50H,17H2. The minimum Gasteiger partial charge on any atom is -0.508 e. The first-order valence-corrected chi connectivity index (χ1v) is 16.8. The summed E-state index contributed by atoms with van der Waals surface area (Å²) in [6.45, 7) is 0. The average molecular weight is 697 g/mol. The summed E-state index contributed by atoms with van der Waals surface area (Å²) in [5.74, 6) is -1.76. The molecule has 9 rings (SSSR count). The van der Waals surface area contributed by atoms with Crippen LogP contribution in [0.4, 0.5) is 0 Å². The van der Waals surface area contributed by atoms with E-state index in [0.717, 1.165) is 27.8 Å². The van der Waals surface area contributed by atoms with E-state index in [1.165, 1.54) is 24.3 Å². The van der Waals surface area contributed by atoms with Crippen molar-refractivity contribution in [1.29, 1.82) is 0 Å². The van der Waals surface area contributed by atoms with Crippen molar-refractivity contribution in [2.45, 2.75) is 36.4 Å². The summed E-state index contributed by atoms with van der Waals surface area (Å²) in [6, 6.07) is 26.6. The van der Waals surface area contributed by atoms with E-state index >= 15 is 0 Å². The van der Waals surface area contributed by atoms with Crippen molar-refractivity contribution in [3.8, 4) is 57.5 Å². The van der Waals surface area contributed by atoms with E-state index in [4.69, 9.17) is 9.47 Å². The molecule has 2 heterocycles. The summed E-state index contributed by atoms with van der Waals surface area (Å²) in [4.78, 5) is 0. The molecule has 10 nitrogen and oxygen atoms in total. The topological polar surface area (TPSA) is 180 Å². The Kier molecular flexibility index (Phi) is 6.88. The molecule has 3 aliphatic rings. The molecule has 1 aliphatic carbocycles. The second-order valence-electron chi connectivity index (χ2n) is 13.6. The number of fused-ring (bicyclic) bond motifs is 4. The Morgan fingerprint density at radius 2 is 0.923 bits per heavy atom. The van der Waals surface area contributed by atoms with Crippen molar-refractivity contribution in [1.82, 2.24) is 0 Å². The quantitative estimate of drug-likeness (QED) is 0.0917. The minimum atomic E-state index is -0.705. The molecule has 260 valence electrons. The fourth-order valence-electron chi connectivity index (χ4n) is 8.51. The van der Waals surface area contributed by atoms with Gasteiger partial charge in [0.25, 0.3) is 0 Å². The molecule has 0 aromatic heterocycles. The molecule has 0 bridgehead atoms. The third kappa shape index (κ3) is 4.86. The largest absolute Gasteiger partial charge is 0.508 e. The Labute approximate surface area is 296 Å². The monoisotopic (exact) mass is 696 g/mol. The molecule has 52 heavy (non-hydrogen) atoms. The maximum absolute atomic E-state index is 11.7. The molecule has 6 aromatic rings. The number of hydrogen-bond acceptors (Lipinski definition) is 10. The maximum atomic E-state index is 11.7. The number of aromatic hydroxyl groups is 8. The zero-order valence-corrected chi connectivity index (χ0v) is 27.3. The Hall–Kier alpha value is -6.68. The van der Waals surface area contributed by atoms with Crippen LogP contribution in [0.15, 0.2) is 103 Å². The van der Waals surface area contributed by atoms with Crippen LogP contribution in [-0.2, 0) is 6.42 Å². The molecule has 0 saturated carbocycles. The fraction of sp³-hybridized carbons (Fsp3) is 0.143. The predicted octanol–water partition coefficient (Wildman–Crippen LogP) is 7.55. The van der Waals surface area contributed by atoms with Crippen molar-refractivity contribution in [2.24, 2.45) is 0 Å². The Morgan fingerprint density at radius 1 is 0.404 bits per heavy atom. The van der Waals surface area contributed by atoms with Gasteiger partial charge in [0.2, 0.25) is 0 Å². The Morgan fingerprint density at radius 3 is 1.52 bits per heavy atom. The van der Waals surface area contributed by atoms with Gasteiger partial charge in [-0.05, 0) is 82.8 Å². The molecule has 0 spiro atoms. The molecule has 2 aliphatic heterocycles. The summed E-state index contributed by atoms with van der Waals surface area (Å²) in [5.41, 5.74) is 5.73. The van der Waals surface area contributed by atoms with Gasteiger partial charge in [-0.15, -0.1) is 0 Å². The first-order chi connectivity index (χ1) is 25.0. The number of phenols is 8. The summed E-state index contributed by atoms with van der Waals surface area (Å²) < 4.78 is 13.5. The molecule has 10 heteroatoms. The van der Waals surface area contributed by atoms with Crippen molar-refractivity contribution in [2.75, 3.05) is 0 Å². The molecular formula is C42H32O10. The van der Waals surface area contributed by atoms with Crippen LogP contribution in [0.25, 0.3) is 0 Å². The number of phenolic OH excluding ortho intramolecular Hbond substituents is 8. The van der Waals surface area contributed by atoms with Crippen LogP contribution >= 0.6 is 0 Å². The van der Waals surface area contributed by atoms with E-state index in [1.807, 2.05) is 6.07 Å². The summed E-state index contributed by atoms with van der Waals surface area (Å²) >= 11 is 0. The zero-order valence-electron chi connectivity index (χ0n) is 27.3. The average Bonchev–Trinajstić information content (AvgIpc) is 3.62. The van der Waals surface area contributed by atoms with Gasteiger partial charge in [0.1, 0.15) is 69.7 Å². The van der Waals surface area contributed by atoms with Gasteiger partial charge in [0, 0.05) is 52.4 Å². The van der Waals surface area contributed by atoms with Gasteiger partial charge in [-0.25, -0.2) is 0 Å². The van der Waals surface area contributed by atoms with Gasteiger partial charge in [-0.2, -0.15) is 0 Å². The normalized spacial score (nSPS) is 21.0. The van der Waals surface area contributed by atoms with E-state index in [-0.39, 0.29) is 52.4 Å². The second-order valence-corrected chi connectivity index (χ2v) is 13.6. The van der Waals surface area contributed by atoms with Crippen LogP contribution in [0, 0.1) is 0 Å².